The largest absolute Gasteiger partial charge is 0.306 e. The molecule has 0 aromatic heterocycles. The molecule has 0 aliphatic heterocycles. The minimum Gasteiger partial charge on any atom is -0.306 e. The third kappa shape index (κ3) is 3.89. The molecule has 1 N–H and O–H groups in total. The molecule has 0 amide bonds. The van der Waals surface area contributed by atoms with E-state index >= 15 is 0 Å². The molecule has 0 saturated heterocycles. The number of halogens is 2. The highest BCUT2D eigenvalue weighted by Crippen LogP contribution is 2.23. The molecule has 2 nitrogen and oxygen atoms in total. The van der Waals surface area contributed by atoms with Crippen molar-refractivity contribution in [1.82, 2.24) is 5.43 Å². The molecule has 4 heteroatoms. The molecule has 0 aliphatic rings. The Morgan fingerprint density at radius 1 is 1.00 bits per heavy atom. The predicted octanol–water partition coefficient (Wildman–Crippen LogP) is 4.91. The summed E-state index contributed by atoms with van der Waals surface area (Å²) >= 11 is 12.0. The van der Waals surface area contributed by atoms with E-state index in [4.69, 9.17) is 23.2 Å². The number of para-hydroxylation sites is 1. The highest BCUT2D eigenvalue weighted by Gasteiger charge is 2.10. The molecular formula is C16H18Cl2N2. The molecule has 0 bridgehead atoms. The maximum absolute atomic E-state index is 6.04. The molecule has 0 atom stereocenters. The van der Waals surface area contributed by atoms with Crippen molar-refractivity contribution in [2.75, 3.05) is 5.01 Å². The lowest BCUT2D eigenvalue weighted by Gasteiger charge is -2.29. The quantitative estimate of drug-likeness (QED) is 0.789. The van der Waals surface area contributed by atoms with Crippen LogP contribution in [0.2, 0.25) is 10.0 Å². The molecule has 106 valence electrons. The van der Waals surface area contributed by atoms with Crippen LogP contribution in [0.25, 0.3) is 0 Å². The topological polar surface area (TPSA) is 15.3 Å². The van der Waals surface area contributed by atoms with Crippen molar-refractivity contribution in [3.8, 4) is 0 Å². The standard InChI is InChI=1S/C16H18Cl2N2/c1-12(2)20(14-6-4-3-5-7-14)19-11-13-8-9-15(17)16(18)10-13/h3-10,12,19H,11H2,1-2H3. The molecule has 0 spiro atoms. The summed E-state index contributed by atoms with van der Waals surface area (Å²) < 4.78 is 0. The number of nitrogens with zero attached hydrogens (tertiary/aromatic N) is 1. The maximum Gasteiger partial charge on any atom is 0.0595 e. The van der Waals surface area contributed by atoms with Gasteiger partial charge in [-0.3, -0.25) is 0 Å². The van der Waals surface area contributed by atoms with Crippen LogP contribution in [-0.2, 0) is 6.54 Å². The van der Waals surface area contributed by atoms with Crippen LogP contribution in [0.3, 0.4) is 0 Å². The minimum atomic E-state index is 0.347. The molecule has 20 heavy (non-hydrogen) atoms. The zero-order chi connectivity index (χ0) is 14.5. The number of hydrogen-bond donors (Lipinski definition) is 1. The van der Waals surface area contributed by atoms with E-state index in [1.165, 1.54) is 0 Å². The Hall–Kier alpha value is -1.22. The summed E-state index contributed by atoms with van der Waals surface area (Å²) in [7, 11) is 0. The van der Waals surface area contributed by atoms with Gasteiger partial charge in [0.05, 0.1) is 15.7 Å². The van der Waals surface area contributed by atoms with Crippen molar-refractivity contribution in [2.45, 2.75) is 26.4 Å². The van der Waals surface area contributed by atoms with Gasteiger partial charge in [-0.2, -0.15) is 0 Å². The van der Waals surface area contributed by atoms with Crippen molar-refractivity contribution in [3.63, 3.8) is 0 Å². The summed E-state index contributed by atoms with van der Waals surface area (Å²) in [6.45, 7) is 4.99. The van der Waals surface area contributed by atoms with Crippen LogP contribution < -0.4 is 10.4 Å². The number of nitrogens with one attached hydrogen (secondary N) is 1. The van der Waals surface area contributed by atoms with Gasteiger partial charge < -0.3 is 5.01 Å². The molecule has 0 unspecified atom stereocenters. The third-order valence-electron chi connectivity index (χ3n) is 2.99. The summed E-state index contributed by atoms with van der Waals surface area (Å²) in [6, 6.07) is 16.3. The monoisotopic (exact) mass is 308 g/mol. The van der Waals surface area contributed by atoms with Gasteiger partial charge in [-0.15, -0.1) is 0 Å². The molecule has 0 aliphatic carbocycles. The third-order valence-corrected chi connectivity index (χ3v) is 3.73. The van der Waals surface area contributed by atoms with Crippen LogP contribution in [0.5, 0.6) is 0 Å². The Morgan fingerprint density at radius 2 is 1.70 bits per heavy atom. The molecule has 2 aromatic rings. The Balaban J connectivity index is 2.08. The second-order valence-corrected chi connectivity index (χ2v) is 5.70. The molecule has 2 aromatic carbocycles. The Morgan fingerprint density at radius 3 is 2.30 bits per heavy atom. The van der Waals surface area contributed by atoms with E-state index in [1.807, 2.05) is 36.4 Å². The number of hydrazine groups is 1. The minimum absolute atomic E-state index is 0.347. The molecule has 0 fully saturated rings. The van der Waals surface area contributed by atoms with E-state index in [0.717, 1.165) is 11.3 Å². The first kappa shape index (κ1) is 15.2. The van der Waals surface area contributed by atoms with E-state index < -0.39 is 0 Å². The van der Waals surface area contributed by atoms with Gasteiger partial charge in [0.15, 0.2) is 0 Å². The fourth-order valence-electron chi connectivity index (χ4n) is 1.99. The van der Waals surface area contributed by atoms with E-state index in [9.17, 15) is 0 Å². The fourth-order valence-corrected chi connectivity index (χ4v) is 2.31. The predicted molar refractivity (Wildman–Crippen MR) is 87.4 cm³/mol. The summed E-state index contributed by atoms with van der Waals surface area (Å²) in [4.78, 5) is 0. The number of rotatable bonds is 5. The van der Waals surface area contributed by atoms with Gasteiger partial charge in [0.2, 0.25) is 0 Å². The molecule has 2 rings (SSSR count). The van der Waals surface area contributed by atoms with Crippen molar-refractivity contribution in [3.05, 3.63) is 64.1 Å². The molecule has 0 heterocycles. The lowest BCUT2D eigenvalue weighted by Crippen LogP contribution is -2.42. The van der Waals surface area contributed by atoms with Crippen LogP contribution in [0.1, 0.15) is 19.4 Å². The van der Waals surface area contributed by atoms with Gasteiger partial charge in [0, 0.05) is 12.6 Å². The summed E-state index contributed by atoms with van der Waals surface area (Å²) in [5.74, 6) is 0. The first-order chi connectivity index (χ1) is 9.58. The van der Waals surface area contributed by atoms with Crippen molar-refractivity contribution >= 4 is 28.9 Å². The van der Waals surface area contributed by atoms with Crippen LogP contribution >= 0.6 is 23.2 Å². The van der Waals surface area contributed by atoms with E-state index in [0.29, 0.717) is 22.6 Å². The first-order valence-electron chi connectivity index (χ1n) is 6.59. The maximum atomic E-state index is 6.04. The lowest BCUT2D eigenvalue weighted by atomic mass is 10.2. The van der Waals surface area contributed by atoms with Crippen LogP contribution in [0, 0.1) is 0 Å². The zero-order valence-corrected chi connectivity index (χ0v) is 13.1. The number of anilines is 1. The number of hydrogen-bond acceptors (Lipinski definition) is 2. The smallest absolute Gasteiger partial charge is 0.0595 e. The number of benzene rings is 2. The normalized spacial score (nSPS) is 10.8. The average Bonchev–Trinajstić information content (AvgIpc) is 2.44. The Kier molecular flexibility index (Phi) is 5.30. The molecule has 0 saturated carbocycles. The van der Waals surface area contributed by atoms with Crippen LogP contribution in [-0.4, -0.2) is 6.04 Å². The second-order valence-electron chi connectivity index (χ2n) is 4.88. The highest BCUT2D eigenvalue weighted by atomic mass is 35.5. The summed E-state index contributed by atoms with van der Waals surface area (Å²) in [5.41, 5.74) is 5.67. The lowest BCUT2D eigenvalue weighted by molar-refractivity contribution is 0.560. The average molecular weight is 309 g/mol. The van der Waals surface area contributed by atoms with Gasteiger partial charge in [-0.1, -0.05) is 47.5 Å². The van der Waals surface area contributed by atoms with Gasteiger partial charge >= 0.3 is 0 Å². The Labute approximate surface area is 130 Å². The first-order valence-corrected chi connectivity index (χ1v) is 7.35. The van der Waals surface area contributed by atoms with E-state index in [-0.39, 0.29) is 0 Å². The van der Waals surface area contributed by atoms with E-state index in [1.54, 1.807) is 0 Å². The SMILES string of the molecule is CC(C)N(NCc1ccc(Cl)c(Cl)c1)c1ccccc1. The zero-order valence-electron chi connectivity index (χ0n) is 11.6. The van der Waals surface area contributed by atoms with Crippen molar-refractivity contribution in [1.29, 1.82) is 0 Å². The molecular weight excluding hydrogens is 291 g/mol. The van der Waals surface area contributed by atoms with Crippen LogP contribution in [0.15, 0.2) is 48.5 Å². The van der Waals surface area contributed by atoms with Gasteiger partial charge in [-0.05, 0) is 43.7 Å². The van der Waals surface area contributed by atoms with Crippen LogP contribution in [0.4, 0.5) is 5.69 Å². The highest BCUT2D eigenvalue weighted by molar-refractivity contribution is 6.42. The van der Waals surface area contributed by atoms with E-state index in [2.05, 4.69) is 36.4 Å². The van der Waals surface area contributed by atoms with Gasteiger partial charge in [0.1, 0.15) is 0 Å². The van der Waals surface area contributed by atoms with Gasteiger partial charge in [-0.25, -0.2) is 5.43 Å². The summed E-state index contributed by atoms with van der Waals surface area (Å²) in [5, 5.41) is 3.31. The van der Waals surface area contributed by atoms with Gasteiger partial charge in [0.25, 0.3) is 0 Å². The summed E-state index contributed by atoms with van der Waals surface area (Å²) in [6.07, 6.45) is 0. The second kappa shape index (κ2) is 6.98. The Bertz CT molecular complexity index is 556. The molecule has 0 radical (unpaired) electrons. The van der Waals surface area contributed by atoms with Crippen molar-refractivity contribution < 1.29 is 0 Å². The van der Waals surface area contributed by atoms with Crippen molar-refractivity contribution in [2.24, 2.45) is 0 Å². The fraction of sp³-hybridized carbons (Fsp3) is 0.250.